The van der Waals surface area contributed by atoms with Crippen molar-refractivity contribution in [2.75, 3.05) is 11.9 Å². The molecule has 24 heavy (non-hydrogen) atoms. The highest BCUT2D eigenvalue weighted by Crippen LogP contribution is 2.22. The monoisotopic (exact) mass is 345 g/mol. The summed E-state index contributed by atoms with van der Waals surface area (Å²) in [6, 6.07) is 14.8. The Morgan fingerprint density at radius 3 is 2.29 bits per heavy atom. The summed E-state index contributed by atoms with van der Waals surface area (Å²) in [5, 5.41) is 17.5. The minimum atomic E-state index is -3.72. The number of nitrogens with zero attached hydrogens (tertiary/aromatic N) is 1. The molecule has 0 heterocycles. The van der Waals surface area contributed by atoms with E-state index in [1.807, 2.05) is 31.2 Å². The van der Waals surface area contributed by atoms with E-state index in [-0.39, 0.29) is 4.90 Å². The van der Waals surface area contributed by atoms with Gasteiger partial charge in [0.2, 0.25) is 10.0 Å². The summed E-state index contributed by atoms with van der Waals surface area (Å²) < 4.78 is 28.0. The molecule has 0 aromatic heterocycles. The maximum atomic E-state index is 11.2. The van der Waals surface area contributed by atoms with Crippen molar-refractivity contribution in [2.45, 2.75) is 24.3 Å². The molecule has 2 aromatic rings. The van der Waals surface area contributed by atoms with Gasteiger partial charge >= 0.3 is 0 Å². The van der Waals surface area contributed by atoms with E-state index in [0.29, 0.717) is 12.3 Å². The molecule has 1 atom stereocenters. The molecule has 0 saturated carbocycles. The van der Waals surface area contributed by atoms with Crippen LogP contribution in [0.4, 0.5) is 5.69 Å². The van der Waals surface area contributed by atoms with Gasteiger partial charge in [-0.05, 0) is 48.4 Å². The highest BCUT2D eigenvalue weighted by atomic mass is 32.2. The van der Waals surface area contributed by atoms with Crippen LogP contribution in [-0.4, -0.2) is 15.0 Å². The van der Waals surface area contributed by atoms with Crippen LogP contribution in [0.1, 0.15) is 24.9 Å². The number of hydrogen-bond acceptors (Lipinski definition) is 5. The molecule has 0 aliphatic heterocycles. The van der Waals surface area contributed by atoms with Crippen molar-refractivity contribution in [1.29, 1.82) is 5.26 Å². The number of primary sulfonamides is 1. The first kappa shape index (κ1) is 17.8. The van der Waals surface area contributed by atoms with E-state index in [4.69, 9.17) is 9.88 Å². The molecule has 2 aromatic carbocycles. The van der Waals surface area contributed by atoms with Crippen LogP contribution in [0.2, 0.25) is 0 Å². The smallest absolute Gasteiger partial charge is 0.238 e. The Balaban J connectivity index is 2.10. The second kappa shape index (κ2) is 7.81. The molecule has 126 valence electrons. The van der Waals surface area contributed by atoms with Crippen molar-refractivity contribution >= 4 is 15.7 Å². The van der Waals surface area contributed by atoms with Crippen molar-refractivity contribution in [1.82, 2.24) is 0 Å². The predicted molar refractivity (Wildman–Crippen MR) is 92.0 cm³/mol. The minimum Gasteiger partial charge on any atom is -0.494 e. The Labute approximate surface area is 141 Å². The maximum Gasteiger partial charge on any atom is 0.238 e. The summed E-state index contributed by atoms with van der Waals surface area (Å²) in [5.74, 6) is 0.759. The van der Waals surface area contributed by atoms with Crippen LogP contribution < -0.4 is 15.2 Å². The van der Waals surface area contributed by atoms with E-state index >= 15 is 0 Å². The van der Waals surface area contributed by atoms with E-state index in [2.05, 4.69) is 11.4 Å². The lowest BCUT2D eigenvalue weighted by Crippen LogP contribution is -2.12. The summed E-state index contributed by atoms with van der Waals surface area (Å²) in [7, 11) is -3.72. The van der Waals surface area contributed by atoms with Gasteiger partial charge in [0.25, 0.3) is 0 Å². The normalized spacial score (nSPS) is 12.2. The average molecular weight is 345 g/mol. The van der Waals surface area contributed by atoms with Gasteiger partial charge in [-0.25, -0.2) is 13.6 Å². The quantitative estimate of drug-likeness (QED) is 0.803. The van der Waals surface area contributed by atoms with Gasteiger partial charge in [-0.1, -0.05) is 19.1 Å². The fraction of sp³-hybridized carbons (Fsp3) is 0.235. The number of rotatable bonds is 7. The summed E-state index contributed by atoms with van der Waals surface area (Å²) in [6.45, 7) is 2.68. The lowest BCUT2D eigenvalue weighted by atomic mass is 10.1. The molecule has 1 unspecified atom stereocenters. The Morgan fingerprint density at radius 2 is 1.79 bits per heavy atom. The average Bonchev–Trinajstić information content (AvgIpc) is 2.58. The lowest BCUT2D eigenvalue weighted by molar-refractivity contribution is 0.317. The van der Waals surface area contributed by atoms with Crippen LogP contribution in [0.15, 0.2) is 53.4 Å². The van der Waals surface area contributed by atoms with Crippen LogP contribution in [0.25, 0.3) is 0 Å². The highest BCUT2D eigenvalue weighted by Gasteiger charge is 2.12. The van der Waals surface area contributed by atoms with Crippen LogP contribution in [0, 0.1) is 11.3 Å². The van der Waals surface area contributed by atoms with Crippen molar-refractivity contribution in [2.24, 2.45) is 5.14 Å². The van der Waals surface area contributed by atoms with Gasteiger partial charge in [0, 0.05) is 5.69 Å². The van der Waals surface area contributed by atoms with Crippen LogP contribution in [0.5, 0.6) is 5.75 Å². The zero-order chi connectivity index (χ0) is 17.6. The Hall–Kier alpha value is -2.56. The number of nitrogens with two attached hydrogens (primary N) is 1. The van der Waals surface area contributed by atoms with Crippen molar-refractivity contribution < 1.29 is 13.2 Å². The molecule has 0 aliphatic carbocycles. The summed E-state index contributed by atoms with van der Waals surface area (Å²) >= 11 is 0. The van der Waals surface area contributed by atoms with Crippen molar-refractivity contribution in [3.8, 4) is 11.8 Å². The molecule has 0 amide bonds. The predicted octanol–water partition coefficient (Wildman–Crippen LogP) is 2.80. The molecule has 3 N–H and O–H groups in total. The van der Waals surface area contributed by atoms with E-state index < -0.39 is 16.1 Å². The maximum absolute atomic E-state index is 11.2. The first-order valence-electron chi connectivity index (χ1n) is 7.46. The molecule has 0 bridgehead atoms. The second-order valence-electron chi connectivity index (χ2n) is 5.19. The fourth-order valence-corrected chi connectivity index (χ4v) is 2.59. The summed E-state index contributed by atoms with van der Waals surface area (Å²) in [6.07, 6.45) is 0.929. The molecule has 7 heteroatoms. The molecular formula is C17H19N3O3S. The number of nitrogens with one attached hydrogen (secondary N) is 1. The number of sulfonamides is 1. The van der Waals surface area contributed by atoms with Crippen molar-refractivity contribution in [3.63, 3.8) is 0 Å². The number of hydrogen-bond donors (Lipinski definition) is 2. The third-order valence-electron chi connectivity index (χ3n) is 3.31. The topological polar surface area (TPSA) is 105 Å². The van der Waals surface area contributed by atoms with E-state index in [9.17, 15) is 13.7 Å². The Bertz CT molecular complexity index is 810. The van der Waals surface area contributed by atoms with Gasteiger partial charge in [-0.2, -0.15) is 5.26 Å². The SMILES string of the molecule is CCCOc1ccc(C(C#N)Nc2ccc(S(N)(=O)=O)cc2)cc1. The molecular weight excluding hydrogens is 326 g/mol. The van der Waals surface area contributed by atoms with Crippen LogP contribution in [-0.2, 0) is 10.0 Å². The summed E-state index contributed by atoms with van der Waals surface area (Å²) in [4.78, 5) is 0.0268. The summed E-state index contributed by atoms with van der Waals surface area (Å²) in [5.41, 5.74) is 1.41. The zero-order valence-corrected chi connectivity index (χ0v) is 14.1. The Morgan fingerprint density at radius 1 is 1.17 bits per heavy atom. The third kappa shape index (κ3) is 4.72. The number of nitriles is 1. The molecule has 0 fully saturated rings. The van der Waals surface area contributed by atoms with Crippen molar-refractivity contribution in [3.05, 3.63) is 54.1 Å². The highest BCUT2D eigenvalue weighted by molar-refractivity contribution is 7.89. The van der Waals surface area contributed by atoms with E-state index in [0.717, 1.165) is 17.7 Å². The molecule has 6 nitrogen and oxygen atoms in total. The zero-order valence-electron chi connectivity index (χ0n) is 13.3. The van der Waals surface area contributed by atoms with Crippen LogP contribution >= 0.6 is 0 Å². The molecule has 0 saturated heterocycles. The Kier molecular flexibility index (Phi) is 5.79. The fourth-order valence-electron chi connectivity index (χ4n) is 2.07. The largest absolute Gasteiger partial charge is 0.494 e. The van der Waals surface area contributed by atoms with E-state index in [1.54, 1.807) is 12.1 Å². The van der Waals surface area contributed by atoms with E-state index in [1.165, 1.54) is 12.1 Å². The van der Waals surface area contributed by atoms with Crippen LogP contribution in [0.3, 0.4) is 0 Å². The van der Waals surface area contributed by atoms with Gasteiger partial charge in [0.1, 0.15) is 11.8 Å². The van der Waals surface area contributed by atoms with Gasteiger partial charge in [-0.15, -0.1) is 0 Å². The third-order valence-corrected chi connectivity index (χ3v) is 4.24. The molecule has 0 aliphatic rings. The van der Waals surface area contributed by atoms with Gasteiger partial charge in [0.15, 0.2) is 0 Å². The lowest BCUT2D eigenvalue weighted by Gasteiger charge is -2.14. The first-order valence-corrected chi connectivity index (χ1v) is 9.00. The number of anilines is 1. The molecule has 0 radical (unpaired) electrons. The molecule has 2 rings (SSSR count). The minimum absolute atomic E-state index is 0.0268. The first-order chi connectivity index (χ1) is 11.4. The van der Waals surface area contributed by atoms with Gasteiger partial charge < -0.3 is 10.1 Å². The van der Waals surface area contributed by atoms with Gasteiger partial charge in [-0.3, -0.25) is 0 Å². The standard InChI is InChI=1S/C17H19N3O3S/c1-2-11-23-15-7-3-13(4-8-15)17(12-18)20-14-5-9-16(10-6-14)24(19,21)22/h3-10,17,20H,2,11H2,1H3,(H2,19,21,22). The second-order valence-corrected chi connectivity index (χ2v) is 6.75. The number of benzene rings is 2. The number of ether oxygens (including phenoxy) is 1. The molecule has 0 spiro atoms. The van der Waals surface area contributed by atoms with Gasteiger partial charge in [0.05, 0.1) is 17.6 Å².